The van der Waals surface area contributed by atoms with Gasteiger partial charge < -0.3 is 9.73 Å². The highest BCUT2D eigenvalue weighted by Crippen LogP contribution is 2.37. The summed E-state index contributed by atoms with van der Waals surface area (Å²) in [6, 6.07) is 8.09. The SMILES string of the molecule is C[C@@H](NC(=O)c1nn(-c2ccc(Cl)cc2Cl)c2c1CS(=O)(=O)C/C2=C\c1ccc(Cl)o1)C1CCCCC1. The maximum Gasteiger partial charge on any atom is 0.272 e. The normalized spacial score (nSPS) is 19.5. The number of carbonyl (C=O) groups excluding carboxylic acids is 1. The van der Waals surface area contributed by atoms with Crippen molar-refractivity contribution in [2.24, 2.45) is 5.92 Å². The van der Waals surface area contributed by atoms with Gasteiger partial charge >= 0.3 is 0 Å². The summed E-state index contributed by atoms with van der Waals surface area (Å²) in [5, 5.41) is 8.64. The molecule has 1 N–H and O–H groups in total. The third-order valence-electron chi connectivity index (χ3n) is 7.01. The molecule has 0 bridgehead atoms. The molecule has 37 heavy (non-hydrogen) atoms. The number of aromatic nitrogens is 2. The number of furan rings is 1. The number of carbonyl (C=O) groups is 1. The van der Waals surface area contributed by atoms with E-state index in [2.05, 4.69) is 10.4 Å². The van der Waals surface area contributed by atoms with Crippen molar-refractivity contribution in [1.29, 1.82) is 0 Å². The maximum absolute atomic E-state index is 13.5. The summed E-state index contributed by atoms with van der Waals surface area (Å²) < 4.78 is 33.0. The lowest BCUT2D eigenvalue weighted by Gasteiger charge is -2.28. The standard InChI is InChI=1S/C26H26Cl3N3O4S/c1-15(16-5-3-2-4-6-16)30-26(33)24-20-14-37(34,35)13-17(11-19-8-10-23(29)36-19)25(20)32(31-24)22-9-7-18(27)12-21(22)28/h7-12,15-16H,2-6,13-14H2,1H3,(H,30,33)/b17-11+/t15-/m1/s1. The predicted octanol–water partition coefficient (Wildman–Crippen LogP) is 6.59. The van der Waals surface area contributed by atoms with Gasteiger partial charge in [-0.3, -0.25) is 4.79 Å². The third kappa shape index (κ3) is 5.62. The Bertz CT molecular complexity index is 1490. The number of nitrogens with one attached hydrogen (secondary N) is 1. The number of benzene rings is 1. The van der Waals surface area contributed by atoms with Crippen molar-refractivity contribution in [3.8, 4) is 5.69 Å². The maximum atomic E-state index is 13.5. The summed E-state index contributed by atoms with van der Waals surface area (Å²) in [7, 11) is -3.58. The van der Waals surface area contributed by atoms with E-state index in [9.17, 15) is 13.2 Å². The van der Waals surface area contributed by atoms with E-state index in [1.165, 1.54) is 11.1 Å². The van der Waals surface area contributed by atoms with E-state index in [1.54, 1.807) is 36.4 Å². The van der Waals surface area contributed by atoms with Crippen LogP contribution in [0.15, 0.2) is 34.7 Å². The summed E-state index contributed by atoms with van der Waals surface area (Å²) in [5.74, 6) is -0.214. The molecule has 1 saturated carbocycles. The monoisotopic (exact) mass is 581 g/mol. The first-order valence-electron chi connectivity index (χ1n) is 12.2. The number of halogens is 3. The fourth-order valence-electron chi connectivity index (χ4n) is 5.22. The van der Waals surface area contributed by atoms with Crippen LogP contribution in [0.5, 0.6) is 0 Å². The van der Waals surface area contributed by atoms with Crippen molar-refractivity contribution >= 4 is 62.2 Å². The van der Waals surface area contributed by atoms with E-state index in [-0.39, 0.29) is 28.5 Å². The minimum absolute atomic E-state index is 0.0619. The lowest BCUT2D eigenvalue weighted by atomic mass is 9.84. The van der Waals surface area contributed by atoms with Crippen LogP contribution in [0.25, 0.3) is 17.3 Å². The second-order valence-electron chi connectivity index (χ2n) is 9.69. The quantitative estimate of drug-likeness (QED) is 0.366. The van der Waals surface area contributed by atoms with Crippen molar-refractivity contribution in [3.05, 3.63) is 68.3 Å². The number of hydrogen-bond acceptors (Lipinski definition) is 5. The molecule has 0 spiro atoms. The van der Waals surface area contributed by atoms with Gasteiger partial charge in [-0.15, -0.1) is 0 Å². The Balaban J connectivity index is 1.64. The van der Waals surface area contributed by atoms with Crippen molar-refractivity contribution in [2.45, 2.75) is 50.8 Å². The molecule has 2 aromatic heterocycles. The average Bonchev–Trinajstić information content (AvgIpc) is 3.42. The molecule has 0 unspecified atom stereocenters. The van der Waals surface area contributed by atoms with Gasteiger partial charge in [0.25, 0.3) is 5.91 Å². The Morgan fingerprint density at radius 2 is 1.89 bits per heavy atom. The minimum atomic E-state index is -3.58. The van der Waals surface area contributed by atoms with Crippen LogP contribution >= 0.6 is 34.8 Å². The van der Waals surface area contributed by atoms with E-state index in [0.717, 1.165) is 25.7 Å². The van der Waals surface area contributed by atoms with Crippen LogP contribution < -0.4 is 5.32 Å². The van der Waals surface area contributed by atoms with Crippen molar-refractivity contribution in [1.82, 2.24) is 15.1 Å². The molecule has 3 heterocycles. The van der Waals surface area contributed by atoms with Crippen LogP contribution in [0.3, 0.4) is 0 Å². The van der Waals surface area contributed by atoms with Crippen molar-refractivity contribution in [2.75, 3.05) is 5.75 Å². The number of fused-ring (bicyclic) bond motifs is 1. The molecule has 3 aromatic rings. The zero-order chi connectivity index (χ0) is 26.3. The highest BCUT2D eigenvalue weighted by Gasteiger charge is 2.36. The first-order valence-corrected chi connectivity index (χ1v) is 15.1. The van der Waals surface area contributed by atoms with E-state index in [1.807, 2.05) is 6.92 Å². The number of rotatable bonds is 5. The molecule has 1 fully saturated rings. The first-order chi connectivity index (χ1) is 17.6. The Kier molecular flexibility index (Phi) is 7.47. The molecule has 1 aliphatic carbocycles. The van der Waals surface area contributed by atoms with Crippen LogP contribution in [0.4, 0.5) is 0 Å². The van der Waals surface area contributed by atoms with E-state index < -0.39 is 15.7 Å². The number of amides is 1. The minimum Gasteiger partial charge on any atom is -0.445 e. The largest absolute Gasteiger partial charge is 0.445 e. The van der Waals surface area contributed by atoms with Crippen LogP contribution in [0.2, 0.25) is 15.3 Å². The highest BCUT2D eigenvalue weighted by atomic mass is 35.5. The summed E-state index contributed by atoms with van der Waals surface area (Å²) >= 11 is 18.6. The Morgan fingerprint density at radius 1 is 1.14 bits per heavy atom. The lowest BCUT2D eigenvalue weighted by Crippen LogP contribution is -2.39. The van der Waals surface area contributed by atoms with E-state index in [0.29, 0.717) is 44.2 Å². The topological polar surface area (TPSA) is 94.2 Å². The van der Waals surface area contributed by atoms with Gasteiger partial charge in [-0.1, -0.05) is 42.5 Å². The van der Waals surface area contributed by atoms with Gasteiger partial charge in [0, 0.05) is 16.6 Å². The van der Waals surface area contributed by atoms with Gasteiger partial charge in [-0.05, 0) is 79.3 Å². The van der Waals surface area contributed by atoms with Crippen molar-refractivity contribution in [3.63, 3.8) is 0 Å². The second kappa shape index (κ2) is 10.5. The molecule has 7 nitrogen and oxygen atoms in total. The van der Waals surface area contributed by atoms with Gasteiger partial charge in [0.15, 0.2) is 20.8 Å². The van der Waals surface area contributed by atoms with Gasteiger partial charge in [0.2, 0.25) is 0 Å². The molecule has 0 saturated heterocycles. The fraction of sp³-hybridized carbons (Fsp3) is 0.385. The molecule has 196 valence electrons. The zero-order valence-electron chi connectivity index (χ0n) is 20.1. The summed E-state index contributed by atoms with van der Waals surface area (Å²) in [6.07, 6.45) is 7.23. The number of hydrogen-bond donors (Lipinski definition) is 1. The molecule has 2 aliphatic rings. The Morgan fingerprint density at radius 3 is 2.57 bits per heavy atom. The van der Waals surface area contributed by atoms with Crippen LogP contribution in [-0.2, 0) is 15.6 Å². The molecule has 1 aliphatic heterocycles. The Labute approximate surface area is 230 Å². The van der Waals surface area contributed by atoms with Crippen LogP contribution in [0.1, 0.15) is 66.5 Å². The number of nitrogens with zero attached hydrogens (tertiary/aromatic N) is 2. The molecule has 1 atom stereocenters. The molecule has 0 radical (unpaired) electrons. The average molecular weight is 583 g/mol. The number of sulfone groups is 1. The molecule has 5 rings (SSSR count). The van der Waals surface area contributed by atoms with Gasteiger partial charge in [0.05, 0.1) is 27.9 Å². The molecule has 1 amide bonds. The molecular formula is C26H26Cl3N3O4S. The predicted molar refractivity (Wildman–Crippen MR) is 146 cm³/mol. The van der Waals surface area contributed by atoms with Crippen LogP contribution in [0, 0.1) is 5.92 Å². The molecule has 11 heteroatoms. The summed E-state index contributed by atoms with van der Waals surface area (Å²) in [6.45, 7) is 2.00. The third-order valence-corrected chi connectivity index (χ3v) is 9.23. The van der Waals surface area contributed by atoms with Crippen LogP contribution in [-0.4, -0.2) is 35.9 Å². The summed E-state index contributed by atoms with van der Waals surface area (Å²) in [5.41, 5.74) is 1.78. The second-order valence-corrected chi connectivity index (χ2v) is 13.0. The molecule has 1 aromatic carbocycles. The first kappa shape index (κ1) is 26.4. The van der Waals surface area contributed by atoms with Gasteiger partial charge in [0.1, 0.15) is 5.76 Å². The van der Waals surface area contributed by atoms with Crippen molar-refractivity contribution < 1.29 is 17.6 Å². The van der Waals surface area contributed by atoms with E-state index in [4.69, 9.17) is 39.2 Å². The lowest BCUT2D eigenvalue weighted by molar-refractivity contribution is 0.0913. The molecular weight excluding hydrogens is 557 g/mol. The zero-order valence-corrected chi connectivity index (χ0v) is 23.2. The van der Waals surface area contributed by atoms with Gasteiger partial charge in [-0.2, -0.15) is 5.10 Å². The highest BCUT2D eigenvalue weighted by molar-refractivity contribution is 7.91. The smallest absolute Gasteiger partial charge is 0.272 e. The van der Waals surface area contributed by atoms with Gasteiger partial charge in [-0.25, -0.2) is 13.1 Å². The Hall–Kier alpha value is -2.26. The van der Waals surface area contributed by atoms with E-state index >= 15 is 0 Å². The fourth-order valence-corrected chi connectivity index (χ4v) is 7.37. The summed E-state index contributed by atoms with van der Waals surface area (Å²) in [4.78, 5) is 13.5.